The molecule has 0 unspecified atom stereocenters. The molecule has 0 atom stereocenters. The van der Waals surface area contributed by atoms with Crippen LogP contribution in [0.4, 0.5) is 0 Å². The SMILES string of the molecule is COc1cc(CC(=O)OCc2cc(C)no2)cc(OC)c1OC. The van der Waals surface area contributed by atoms with Gasteiger partial charge in [-0.3, -0.25) is 4.79 Å². The molecule has 1 aromatic heterocycles. The van der Waals surface area contributed by atoms with Crippen LogP contribution in [0.1, 0.15) is 17.0 Å². The Balaban J connectivity index is 2.05. The van der Waals surface area contributed by atoms with Gasteiger partial charge in [0.25, 0.3) is 0 Å². The maximum absolute atomic E-state index is 11.9. The summed E-state index contributed by atoms with van der Waals surface area (Å²) in [5.74, 6) is 1.55. The van der Waals surface area contributed by atoms with Crippen LogP contribution in [0.3, 0.4) is 0 Å². The van der Waals surface area contributed by atoms with E-state index in [2.05, 4.69) is 5.16 Å². The number of ether oxygens (including phenoxy) is 4. The second kappa shape index (κ2) is 7.53. The molecular formula is C16H19NO6. The fourth-order valence-corrected chi connectivity index (χ4v) is 2.09. The third kappa shape index (κ3) is 4.15. The van der Waals surface area contributed by atoms with Crippen molar-refractivity contribution in [2.75, 3.05) is 21.3 Å². The summed E-state index contributed by atoms with van der Waals surface area (Å²) in [6, 6.07) is 5.13. The Morgan fingerprint density at radius 2 is 1.74 bits per heavy atom. The monoisotopic (exact) mass is 321 g/mol. The number of hydrogen-bond donors (Lipinski definition) is 0. The zero-order valence-electron chi connectivity index (χ0n) is 13.5. The molecule has 0 saturated carbocycles. The van der Waals surface area contributed by atoms with Gasteiger partial charge in [0.1, 0.15) is 0 Å². The van der Waals surface area contributed by atoms with Crippen LogP contribution >= 0.6 is 0 Å². The lowest BCUT2D eigenvalue weighted by Gasteiger charge is -2.13. The molecule has 0 aliphatic rings. The van der Waals surface area contributed by atoms with Gasteiger partial charge in [-0.2, -0.15) is 0 Å². The Labute approximate surface area is 134 Å². The van der Waals surface area contributed by atoms with Gasteiger partial charge in [-0.15, -0.1) is 0 Å². The fraction of sp³-hybridized carbons (Fsp3) is 0.375. The smallest absolute Gasteiger partial charge is 0.310 e. The van der Waals surface area contributed by atoms with E-state index in [-0.39, 0.29) is 13.0 Å². The molecule has 0 N–H and O–H groups in total. The number of benzene rings is 1. The predicted octanol–water partition coefficient (Wildman–Crippen LogP) is 2.29. The van der Waals surface area contributed by atoms with Gasteiger partial charge in [-0.05, 0) is 24.6 Å². The molecule has 2 rings (SSSR count). The van der Waals surface area contributed by atoms with E-state index in [9.17, 15) is 4.79 Å². The van der Waals surface area contributed by atoms with Crippen molar-refractivity contribution in [3.63, 3.8) is 0 Å². The van der Waals surface area contributed by atoms with Gasteiger partial charge >= 0.3 is 5.97 Å². The third-order valence-corrected chi connectivity index (χ3v) is 3.13. The van der Waals surface area contributed by atoms with Gasteiger partial charge in [0, 0.05) is 6.07 Å². The molecule has 0 aliphatic heterocycles. The Kier molecular flexibility index (Phi) is 5.46. The van der Waals surface area contributed by atoms with Crippen LogP contribution in [0.2, 0.25) is 0 Å². The van der Waals surface area contributed by atoms with Crippen LogP contribution in [0, 0.1) is 6.92 Å². The molecule has 0 aliphatic carbocycles. The normalized spacial score (nSPS) is 10.3. The van der Waals surface area contributed by atoms with Gasteiger partial charge in [-0.1, -0.05) is 5.16 Å². The van der Waals surface area contributed by atoms with E-state index in [1.165, 1.54) is 21.3 Å². The van der Waals surface area contributed by atoms with Gasteiger partial charge in [-0.25, -0.2) is 0 Å². The predicted molar refractivity (Wildman–Crippen MR) is 80.8 cm³/mol. The number of methoxy groups -OCH3 is 3. The molecule has 0 saturated heterocycles. The first-order valence-corrected chi connectivity index (χ1v) is 6.94. The molecule has 124 valence electrons. The Bertz CT molecular complexity index is 654. The maximum atomic E-state index is 11.9. The van der Waals surface area contributed by atoms with E-state index in [1.807, 2.05) is 0 Å². The number of carbonyl (C=O) groups excluding carboxylic acids is 1. The number of carbonyl (C=O) groups is 1. The summed E-state index contributed by atoms with van der Waals surface area (Å²) in [7, 11) is 4.56. The minimum Gasteiger partial charge on any atom is -0.493 e. The molecule has 1 aromatic carbocycles. The molecule has 1 heterocycles. The van der Waals surface area contributed by atoms with Crippen molar-refractivity contribution in [1.82, 2.24) is 5.16 Å². The average molecular weight is 321 g/mol. The van der Waals surface area contributed by atoms with Gasteiger partial charge in [0.05, 0.1) is 33.4 Å². The largest absolute Gasteiger partial charge is 0.493 e. The molecular weight excluding hydrogens is 302 g/mol. The van der Waals surface area contributed by atoms with E-state index in [0.717, 1.165) is 5.69 Å². The zero-order chi connectivity index (χ0) is 16.8. The van der Waals surface area contributed by atoms with Crippen molar-refractivity contribution in [2.24, 2.45) is 0 Å². The fourth-order valence-electron chi connectivity index (χ4n) is 2.09. The molecule has 0 radical (unpaired) electrons. The Hall–Kier alpha value is -2.70. The van der Waals surface area contributed by atoms with E-state index in [4.69, 9.17) is 23.5 Å². The molecule has 0 amide bonds. The first kappa shape index (κ1) is 16.7. The summed E-state index contributed by atoms with van der Waals surface area (Å²) >= 11 is 0. The summed E-state index contributed by atoms with van der Waals surface area (Å²) in [6.07, 6.45) is 0.0732. The van der Waals surface area contributed by atoms with Crippen LogP contribution in [0.25, 0.3) is 0 Å². The van der Waals surface area contributed by atoms with Crippen molar-refractivity contribution in [1.29, 1.82) is 0 Å². The number of aryl methyl sites for hydroxylation is 1. The van der Waals surface area contributed by atoms with Crippen molar-refractivity contribution in [3.05, 3.63) is 35.2 Å². The minimum atomic E-state index is -0.395. The van der Waals surface area contributed by atoms with Gasteiger partial charge < -0.3 is 23.5 Å². The summed E-state index contributed by atoms with van der Waals surface area (Å²) in [4.78, 5) is 11.9. The molecule has 0 spiro atoms. The first-order chi connectivity index (χ1) is 11.1. The van der Waals surface area contributed by atoms with Crippen LogP contribution in [-0.2, 0) is 22.6 Å². The number of hydrogen-bond acceptors (Lipinski definition) is 7. The number of nitrogens with zero attached hydrogens (tertiary/aromatic N) is 1. The van der Waals surface area contributed by atoms with Crippen molar-refractivity contribution < 1.29 is 28.3 Å². The van der Waals surface area contributed by atoms with E-state index in [0.29, 0.717) is 28.6 Å². The van der Waals surface area contributed by atoms with E-state index < -0.39 is 5.97 Å². The highest BCUT2D eigenvalue weighted by atomic mass is 16.6. The number of rotatable bonds is 7. The molecule has 7 heteroatoms. The number of esters is 1. The van der Waals surface area contributed by atoms with E-state index >= 15 is 0 Å². The van der Waals surface area contributed by atoms with Crippen molar-refractivity contribution in [2.45, 2.75) is 20.0 Å². The highest BCUT2D eigenvalue weighted by Crippen LogP contribution is 2.38. The third-order valence-electron chi connectivity index (χ3n) is 3.13. The highest BCUT2D eigenvalue weighted by molar-refractivity contribution is 5.73. The summed E-state index contributed by atoms with van der Waals surface area (Å²) < 4.78 is 25.9. The Morgan fingerprint density at radius 1 is 1.09 bits per heavy atom. The maximum Gasteiger partial charge on any atom is 0.310 e. The van der Waals surface area contributed by atoms with Gasteiger partial charge in [0.15, 0.2) is 23.9 Å². The second-order valence-corrected chi connectivity index (χ2v) is 4.81. The summed E-state index contributed by atoms with van der Waals surface area (Å²) in [5.41, 5.74) is 1.43. The molecule has 0 bridgehead atoms. The highest BCUT2D eigenvalue weighted by Gasteiger charge is 2.15. The number of aromatic nitrogens is 1. The van der Waals surface area contributed by atoms with Crippen LogP contribution in [0.5, 0.6) is 17.2 Å². The molecule has 2 aromatic rings. The lowest BCUT2D eigenvalue weighted by atomic mass is 10.1. The second-order valence-electron chi connectivity index (χ2n) is 4.81. The minimum absolute atomic E-state index is 0.0457. The summed E-state index contributed by atoms with van der Waals surface area (Å²) in [6.45, 7) is 1.84. The standard InChI is InChI=1S/C16H19NO6/c1-10-5-12(23-17-10)9-22-15(18)8-11-6-13(19-2)16(21-4)14(7-11)20-3/h5-7H,8-9H2,1-4H3. The van der Waals surface area contributed by atoms with Crippen LogP contribution < -0.4 is 14.2 Å². The lowest BCUT2D eigenvalue weighted by Crippen LogP contribution is -2.08. The zero-order valence-corrected chi connectivity index (χ0v) is 13.5. The van der Waals surface area contributed by atoms with Crippen LogP contribution in [-0.4, -0.2) is 32.5 Å². The summed E-state index contributed by atoms with van der Waals surface area (Å²) in [5, 5.41) is 3.73. The molecule has 23 heavy (non-hydrogen) atoms. The quantitative estimate of drug-likeness (QED) is 0.724. The van der Waals surface area contributed by atoms with E-state index in [1.54, 1.807) is 25.1 Å². The topological polar surface area (TPSA) is 80.0 Å². The molecule has 0 fully saturated rings. The average Bonchev–Trinajstić information content (AvgIpc) is 2.97. The van der Waals surface area contributed by atoms with Crippen molar-refractivity contribution >= 4 is 5.97 Å². The molecule has 7 nitrogen and oxygen atoms in total. The van der Waals surface area contributed by atoms with Gasteiger partial charge in [0.2, 0.25) is 5.75 Å². The Morgan fingerprint density at radius 3 is 2.22 bits per heavy atom. The lowest BCUT2D eigenvalue weighted by molar-refractivity contribution is -0.144. The van der Waals surface area contributed by atoms with Crippen molar-refractivity contribution in [3.8, 4) is 17.2 Å². The first-order valence-electron chi connectivity index (χ1n) is 6.94. The van der Waals surface area contributed by atoms with Crippen LogP contribution in [0.15, 0.2) is 22.7 Å².